The van der Waals surface area contributed by atoms with Crippen LogP contribution in [0.3, 0.4) is 0 Å². The molecular formula is C13H17FO. The predicted molar refractivity (Wildman–Crippen MR) is 58.1 cm³/mol. The molecule has 0 bridgehead atoms. The van der Waals surface area contributed by atoms with Crippen molar-refractivity contribution >= 4 is 0 Å². The van der Waals surface area contributed by atoms with Crippen LogP contribution >= 0.6 is 0 Å². The lowest BCUT2D eigenvalue weighted by Crippen LogP contribution is -2.19. The molecule has 0 aliphatic heterocycles. The van der Waals surface area contributed by atoms with Crippen LogP contribution in [0.2, 0.25) is 0 Å². The average Bonchev–Trinajstić information content (AvgIpc) is 2.25. The number of hydrogen-bond acceptors (Lipinski definition) is 1. The summed E-state index contributed by atoms with van der Waals surface area (Å²) < 4.78 is 13.4. The Labute approximate surface area is 89.9 Å². The summed E-state index contributed by atoms with van der Waals surface area (Å²) in [5.41, 5.74) is 0.818. The third-order valence-corrected chi connectivity index (χ3v) is 3.28. The van der Waals surface area contributed by atoms with E-state index in [4.69, 9.17) is 0 Å². The van der Waals surface area contributed by atoms with Crippen molar-refractivity contribution in [2.24, 2.45) is 5.92 Å². The zero-order valence-corrected chi connectivity index (χ0v) is 8.82. The molecule has 1 nitrogen and oxygen atoms in total. The highest BCUT2D eigenvalue weighted by atomic mass is 19.1. The van der Waals surface area contributed by atoms with Crippen LogP contribution in [0.15, 0.2) is 24.3 Å². The van der Waals surface area contributed by atoms with Gasteiger partial charge in [-0.15, -0.1) is 0 Å². The molecule has 0 atom stereocenters. The summed E-state index contributed by atoms with van der Waals surface area (Å²) in [7, 11) is 0. The largest absolute Gasteiger partial charge is 0.393 e. The van der Waals surface area contributed by atoms with E-state index in [0.29, 0.717) is 5.92 Å². The van der Waals surface area contributed by atoms with Gasteiger partial charge in [0.25, 0.3) is 0 Å². The molecule has 0 spiro atoms. The summed E-state index contributed by atoms with van der Waals surface area (Å²) in [6.45, 7) is 0. The maximum Gasteiger partial charge on any atom is 0.126 e. The zero-order chi connectivity index (χ0) is 10.7. The van der Waals surface area contributed by atoms with Gasteiger partial charge in [0.15, 0.2) is 0 Å². The van der Waals surface area contributed by atoms with Crippen molar-refractivity contribution in [1.29, 1.82) is 0 Å². The highest BCUT2D eigenvalue weighted by Gasteiger charge is 2.20. The molecule has 2 rings (SSSR count). The topological polar surface area (TPSA) is 20.2 Å². The van der Waals surface area contributed by atoms with Crippen molar-refractivity contribution in [3.8, 4) is 0 Å². The summed E-state index contributed by atoms with van der Waals surface area (Å²) in [5.74, 6) is 0.453. The minimum Gasteiger partial charge on any atom is -0.393 e. The fourth-order valence-electron chi connectivity index (χ4n) is 2.32. The maximum atomic E-state index is 13.4. The van der Waals surface area contributed by atoms with E-state index in [-0.39, 0.29) is 11.9 Å². The number of halogens is 1. The highest BCUT2D eigenvalue weighted by molar-refractivity contribution is 5.17. The van der Waals surface area contributed by atoms with E-state index in [1.54, 1.807) is 6.07 Å². The Morgan fingerprint density at radius 2 is 1.80 bits per heavy atom. The first kappa shape index (κ1) is 10.6. The van der Waals surface area contributed by atoms with Crippen molar-refractivity contribution in [3.63, 3.8) is 0 Å². The number of aliphatic hydroxyl groups excluding tert-OH is 1. The van der Waals surface area contributed by atoms with E-state index in [9.17, 15) is 9.50 Å². The van der Waals surface area contributed by atoms with Crippen LogP contribution in [0.25, 0.3) is 0 Å². The molecule has 1 aliphatic carbocycles. The Morgan fingerprint density at radius 1 is 1.13 bits per heavy atom. The summed E-state index contributed by atoms with van der Waals surface area (Å²) in [4.78, 5) is 0. The van der Waals surface area contributed by atoms with Gasteiger partial charge in [-0.2, -0.15) is 0 Å². The van der Waals surface area contributed by atoms with Gasteiger partial charge in [-0.3, -0.25) is 0 Å². The third-order valence-electron chi connectivity index (χ3n) is 3.28. The molecular weight excluding hydrogens is 191 g/mol. The molecule has 1 fully saturated rings. The Balaban J connectivity index is 1.95. The molecule has 2 heteroatoms. The normalized spacial score (nSPS) is 26.5. The van der Waals surface area contributed by atoms with E-state index in [1.165, 1.54) is 6.07 Å². The first-order chi connectivity index (χ1) is 7.25. The Bertz CT molecular complexity index is 316. The summed E-state index contributed by atoms with van der Waals surface area (Å²) >= 11 is 0. The fourth-order valence-corrected chi connectivity index (χ4v) is 2.32. The first-order valence-electron chi connectivity index (χ1n) is 5.67. The SMILES string of the molecule is OC1CCC(Cc2ccccc2F)CC1. The van der Waals surface area contributed by atoms with Gasteiger partial charge in [0.2, 0.25) is 0 Å². The van der Waals surface area contributed by atoms with Crippen LogP contribution in [0, 0.1) is 11.7 Å². The minimum atomic E-state index is -0.123. The number of rotatable bonds is 2. The molecule has 0 unspecified atom stereocenters. The lowest BCUT2D eigenvalue weighted by atomic mass is 9.83. The molecule has 1 aromatic rings. The first-order valence-corrected chi connectivity index (χ1v) is 5.67. The van der Waals surface area contributed by atoms with Crippen molar-refractivity contribution in [1.82, 2.24) is 0 Å². The second-order valence-corrected chi connectivity index (χ2v) is 4.47. The molecule has 82 valence electrons. The lowest BCUT2D eigenvalue weighted by Gasteiger charge is -2.25. The summed E-state index contributed by atoms with van der Waals surface area (Å²) in [5, 5.41) is 9.37. The van der Waals surface area contributed by atoms with Crippen molar-refractivity contribution in [3.05, 3.63) is 35.6 Å². The van der Waals surface area contributed by atoms with Crippen molar-refractivity contribution < 1.29 is 9.50 Å². The van der Waals surface area contributed by atoms with Crippen LogP contribution in [-0.2, 0) is 6.42 Å². The molecule has 0 heterocycles. The van der Waals surface area contributed by atoms with E-state index in [2.05, 4.69) is 0 Å². The van der Waals surface area contributed by atoms with Gasteiger partial charge in [-0.25, -0.2) is 4.39 Å². The molecule has 15 heavy (non-hydrogen) atoms. The monoisotopic (exact) mass is 208 g/mol. The molecule has 0 radical (unpaired) electrons. The number of benzene rings is 1. The van der Waals surface area contributed by atoms with Gasteiger partial charge in [0.05, 0.1) is 6.10 Å². The Morgan fingerprint density at radius 3 is 2.47 bits per heavy atom. The Hall–Kier alpha value is -0.890. The molecule has 1 saturated carbocycles. The van der Waals surface area contributed by atoms with Crippen LogP contribution in [-0.4, -0.2) is 11.2 Å². The van der Waals surface area contributed by atoms with E-state index in [0.717, 1.165) is 37.7 Å². The molecule has 1 aliphatic rings. The van der Waals surface area contributed by atoms with Crippen LogP contribution in [0.5, 0.6) is 0 Å². The van der Waals surface area contributed by atoms with Crippen molar-refractivity contribution in [2.45, 2.75) is 38.2 Å². The summed E-state index contributed by atoms with van der Waals surface area (Å²) in [6.07, 6.45) is 4.49. The van der Waals surface area contributed by atoms with Crippen molar-refractivity contribution in [2.75, 3.05) is 0 Å². The van der Waals surface area contributed by atoms with Crippen LogP contribution in [0.4, 0.5) is 4.39 Å². The molecule has 0 saturated heterocycles. The van der Waals surface area contributed by atoms with Crippen LogP contribution < -0.4 is 0 Å². The number of aliphatic hydroxyl groups is 1. The van der Waals surface area contributed by atoms with E-state index >= 15 is 0 Å². The molecule has 1 aromatic carbocycles. The van der Waals surface area contributed by atoms with Gasteiger partial charge in [-0.05, 0) is 49.7 Å². The smallest absolute Gasteiger partial charge is 0.126 e. The van der Waals surface area contributed by atoms with E-state index < -0.39 is 0 Å². The standard InChI is InChI=1S/C13H17FO/c14-13-4-2-1-3-11(13)9-10-5-7-12(15)8-6-10/h1-4,10,12,15H,5-9H2. The number of hydrogen-bond donors (Lipinski definition) is 1. The second-order valence-electron chi connectivity index (χ2n) is 4.47. The van der Waals surface area contributed by atoms with Gasteiger partial charge < -0.3 is 5.11 Å². The average molecular weight is 208 g/mol. The highest BCUT2D eigenvalue weighted by Crippen LogP contribution is 2.27. The molecule has 0 aromatic heterocycles. The molecule has 1 N–H and O–H groups in total. The minimum absolute atomic E-state index is 0.0939. The maximum absolute atomic E-state index is 13.4. The second kappa shape index (κ2) is 4.75. The predicted octanol–water partition coefficient (Wildman–Crippen LogP) is 2.92. The van der Waals surface area contributed by atoms with Crippen LogP contribution in [0.1, 0.15) is 31.2 Å². The van der Waals surface area contributed by atoms with Gasteiger partial charge in [-0.1, -0.05) is 18.2 Å². The van der Waals surface area contributed by atoms with Gasteiger partial charge >= 0.3 is 0 Å². The summed E-state index contributed by atoms with van der Waals surface area (Å²) in [6, 6.07) is 6.99. The van der Waals surface area contributed by atoms with E-state index in [1.807, 2.05) is 12.1 Å². The lowest BCUT2D eigenvalue weighted by molar-refractivity contribution is 0.108. The third kappa shape index (κ3) is 2.78. The molecule has 0 amide bonds. The quantitative estimate of drug-likeness (QED) is 0.792. The Kier molecular flexibility index (Phi) is 3.37. The zero-order valence-electron chi connectivity index (χ0n) is 8.82. The van der Waals surface area contributed by atoms with Gasteiger partial charge in [0.1, 0.15) is 5.82 Å². The fraction of sp³-hybridized carbons (Fsp3) is 0.538. The van der Waals surface area contributed by atoms with Gasteiger partial charge in [0, 0.05) is 0 Å².